The Bertz CT molecular complexity index is 1330. The number of rotatable bonds is 9. The molecule has 1 aromatic heterocycles. The van der Waals surface area contributed by atoms with Crippen LogP contribution in [0.5, 0.6) is 11.5 Å². The molecule has 0 bridgehead atoms. The lowest BCUT2D eigenvalue weighted by atomic mass is 10.2. The van der Waals surface area contributed by atoms with E-state index in [4.69, 9.17) is 19.9 Å². The number of methoxy groups -OCH3 is 2. The molecule has 0 unspecified atom stereocenters. The van der Waals surface area contributed by atoms with Gasteiger partial charge in [0.2, 0.25) is 17.8 Å². The van der Waals surface area contributed by atoms with Crippen LogP contribution in [-0.4, -0.2) is 86.3 Å². The lowest BCUT2D eigenvalue weighted by molar-refractivity contribution is -0.132. The van der Waals surface area contributed by atoms with Gasteiger partial charge in [0.25, 0.3) is 0 Å². The minimum absolute atomic E-state index is 0.0958. The SMILES string of the molecule is COc1cc2nc(N3CCN(C(=O)CNC(=O)CNC(=O)OCc4ccccc4)CC3)nc(N)c2cc1OC. The minimum Gasteiger partial charge on any atom is -0.493 e. The average molecular weight is 538 g/mol. The molecule has 0 saturated carbocycles. The highest BCUT2D eigenvalue weighted by Gasteiger charge is 2.24. The first kappa shape index (κ1) is 27.2. The number of fused-ring (bicyclic) bond motifs is 1. The summed E-state index contributed by atoms with van der Waals surface area (Å²) in [6, 6.07) is 12.7. The fourth-order valence-corrected chi connectivity index (χ4v) is 4.04. The molecule has 13 nitrogen and oxygen atoms in total. The summed E-state index contributed by atoms with van der Waals surface area (Å²) in [4.78, 5) is 49.1. The smallest absolute Gasteiger partial charge is 0.407 e. The van der Waals surface area contributed by atoms with Crippen LogP contribution in [-0.2, 0) is 20.9 Å². The molecule has 4 rings (SSSR count). The highest BCUT2D eigenvalue weighted by Crippen LogP contribution is 2.34. The molecule has 0 atom stereocenters. The van der Waals surface area contributed by atoms with E-state index in [0.717, 1.165) is 5.56 Å². The Morgan fingerprint density at radius 1 is 0.923 bits per heavy atom. The molecule has 2 aromatic carbocycles. The molecule has 3 amide bonds. The van der Waals surface area contributed by atoms with Crippen LogP contribution in [0.1, 0.15) is 5.56 Å². The van der Waals surface area contributed by atoms with E-state index >= 15 is 0 Å². The second-order valence-electron chi connectivity index (χ2n) is 8.69. The maximum Gasteiger partial charge on any atom is 0.407 e. The van der Waals surface area contributed by atoms with Crippen molar-refractivity contribution in [1.29, 1.82) is 0 Å². The van der Waals surface area contributed by atoms with E-state index in [9.17, 15) is 14.4 Å². The molecular formula is C26H31N7O6. The van der Waals surface area contributed by atoms with E-state index in [2.05, 4.69) is 20.6 Å². The predicted octanol–water partition coefficient (Wildman–Crippen LogP) is 0.920. The number of ether oxygens (including phenoxy) is 3. The van der Waals surface area contributed by atoms with Crippen molar-refractivity contribution < 1.29 is 28.6 Å². The van der Waals surface area contributed by atoms with Crippen LogP contribution in [0.25, 0.3) is 10.9 Å². The van der Waals surface area contributed by atoms with Crippen LogP contribution in [0.2, 0.25) is 0 Å². The van der Waals surface area contributed by atoms with Gasteiger partial charge in [0.15, 0.2) is 11.5 Å². The Balaban J connectivity index is 1.22. The maximum absolute atomic E-state index is 12.6. The Labute approximate surface area is 225 Å². The van der Waals surface area contributed by atoms with Gasteiger partial charge in [-0.25, -0.2) is 9.78 Å². The van der Waals surface area contributed by atoms with Gasteiger partial charge in [-0.1, -0.05) is 30.3 Å². The normalized spacial score (nSPS) is 13.1. The highest BCUT2D eigenvalue weighted by molar-refractivity contribution is 5.92. The van der Waals surface area contributed by atoms with Crippen molar-refractivity contribution in [2.45, 2.75) is 6.61 Å². The molecule has 2 heterocycles. The number of hydrogen-bond donors (Lipinski definition) is 3. The molecule has 4 N–H and O–H groups in total. The number of carbonyl (C=O) groups is 3. The van der Waals surface area contributed by atoms with Crippen LogP contribution in [0.3, 0.4) is 0 Å². The lowest BCUT2D eigenvalue weighted by Crippen LogP contribution is -2.52. The molecule has 1 aliphatic heterocycles. The molecular weight excluding hydrogens is 506 g/mol. The van der Waals surface area contributed by atoms with Gasteiger partial charge in [0.1, 0.15) is 19.0 Å². The van der Waals surface area contributed by atoms with Crippen molar-refractivity contribution in [2.24, 2.45) is 0 Å². The van der Waals surface area contributed by atoms with Crippen LogP contribution < -0.4 is 30.7 Å². The summed E-state index contributed by atoms with van der Waals surface area (Å²) in [6.45, 7) is 1.45. The fourth-order valence-electron chi connectivity index (χ4n) is 4.04. The van der Waals surface area contributed by atoms with Gasteiger partial charge in [-0.2, -0.15) is 4.98 Å². The summed E-state index contributed by atoms with van der Waals surface area (Å²) in [6.07, 6.45) is -0.717. The Morgan fingerprint density at radius 2 is 1.62 bits per heavy atom. The number of piperazine rings is 1. The summed E-state index contributed by atoms with van der Waals surface area (Å²) in [5, 5.41) is 5.54. The first-order valence-electron chi connectivity index (χ1n) is 12.3. The van der Waals surface area contributed by atoms with Crippen molar-refractivity contribution in [2.75, 3.05) is 64.1 Å². The van der Waals surface area contributed by atoms with Gasteiger partial charge in [0.05, 0.1) is 26.3 Å². The number of carbonyl (C=O) groups excluding carboxylic acids is 3. The zero-order valence-corrected chi connectivity index (χ0v) is 21.8. The number of alkyl carbamates (subject to hydrolysis) is 1. The third-order valence-corrected chi connectivity index (χ3v) is 6.18. The molecule has 3 aromatic rings. The van der Waals surface area contributed by atoms with Gasteiger partial charge in [0, 0.05) is 37.6 Å². The quantitative estimate of drug-likeness (QED) is 0.358. The van der Waals surface area contributed by atoms with E-state index in [1.165, 1.54) is 0 Å². The number of anilines is 2. The molecule has 1 fully saturated rings. The number of nitrogens with zero attached hydrogens (tertiary/aromatic N) is 4. The number of nitrogen functional groups attached to an aromatic ring is 1. The Morgan fingerprint density at radius 3 is 2.31 bits per heavy atom. The van der Waals surface area contributed by atoms with Crippen molar-refractivity contribution in [3.8, 4) is 11.5 Å². The van der Waals surface area contributed by atoms with Crippen molar-refractivity contribution in [3.05, 3.63) is 48.0 Å². The zero-order chi connectivity index (χ0) is 27.8. The molecule has 0 aliphatic carbocycles. The summed E-state index contributed by atoms with van der Waals surface area (Å²) in [5.74, 6) is 1.11. The second-order valence-corrected chi connectivity index (χ2v) is 8.69. The van der Waals surface area contributed by atoms with Crippen molar-refractivity contribution >= 4 is 40.6 Å². The average Bonchev–Trinajstić information content (AvgIpc) is 2.97. The third kappa shape index (κ3) is 6.94. The predicted molar refractivity (Wildman–Crippen MR) is 143 cm³/mol. The van der Waals surface area contributed by atoms with Crippen LogP contribution >= 0.6 is 0 Å². The summed E-state index contributed by atoms with van der Waals surface area (Å²) in [5.41, 5.74) is 7.65. The molecule has 0 spiro atoms. The number of aromatic nitrogens is 2. The van der Waals surface area contributed by atoms with E-state index in [-0.39, 0.29) is 25.6 Å². The maximum atomic E-state index is 12.6. The Kier molecular flexibility index (Phi) is 8.82. The third-order valence-electron chi connectivity index (χ3n) is 6.18. The largest absolute Gasteiger partial charge is 0.493 e. The highest BCUT2D eigenvalue weighted by atomic mass is 16.5. The van der Waals surface area contributed by atoms with E-state index < -0.39 is 12.0 Å². The molecule has 206 valence electrons. The molecule has 0 radical (unpaired) electrons. The number of amides is 3. The number of hydrogen-bond acceptors (Lipinski definition) is 10. The molecule has 39 heavy (non-hydrogen) atoms. The number of benzene rings is 2. The topological polar surface area (TPSA) is 161 Å². The monoisotopic (exact) mass is 537 g/mol. The number of nitrogens with one attached hydrogen (secondary N) is 2. The van der Waals surface area contributed by atoms with E-state index in [1.807, 2.05) is 35.2 Å². The minimum atomic E-state index is -0.717. The summed E-state index contributed by atoms with van der Waals surface area (Å²) in [7, 11) is 3.09. The van der Waals surface area contributed by atoms with E-state index in [0.29, 0.717) is 60.3 Å². The number of nitrogens with two attached hydrogens (primary N) is 1. The zero-order valence-electron chi connectivity index (χ0n) is 21.8. The van der Waals surface area contributed by atoms with Crippen molar-refractivity contribution in [3.63, 3.8) is 0 Å². The lowest BCUT2D eigenvalue weighted by Gasteiger charge is -2.35. The van der Waals surface area contributed by atoms with Crippen molar-refractivity contribution in [1.82, 2.24) is 25.5 Å². The molecule has 13 heteroatoms. The summed E-state index contributed by atoms with van der Waals surface area (Å²) >= 11 is 0. The van der Waals surface area contributed by atoms with Gasteiger partial charge in [-0.3, -0.25) is 9.59 Å². The first-order valence-corrected chi connectivity index (χ1v) is 12.3. The van der Waals surface area contributed by atoms with Crippen LogP contribution in [0.4, 0.5) is 16.6 Å². The molecule has 1 aliphatic rings. The van der Waals surface area contributed by atoms with Gasteiger partial charge in [-0.15, -0.1) is 0 Å². The fraction of sp³-hybridized carbons (Fsp3) is 0.346. The van der Waals surface area contributed by atoms with Crippen LogP contribution in [0.15, 0.2) is 42.5 Å². The standard InChI is InChI=1S/C26H31N7O6/c1-37-20-12-18-19(13-21(20)38-2)30-25(31-24(18)27)33-10-8-32(9-11-33)23(35)15-28-22(34)14-29-26(36)39-16-17-6-4-3-5-7-17/h3-7,12-13H,8-11,14-16H2,1-2H3,(H,28,34)(H,29,36)(H2,27,30,31). The first-order chi connectivity index (χ1) is 18.9. The van der Waals surface area contributed by atoms with Crippen LogP contribution in [0, 0.1) is 0 Å². The van der Waals surface area contributed by atoms with Gasteiger partial charge in [-0.05, 0) is 11.6 Å². The Hall–Kier alpha value is -4.81. The second kappa shape index (κ2) is 12.6. The van der Waals surface area contributed by atoms with E-state index in [1.54, 1.807) is 31.3 Å². The van der Waals surface area contributed by atoms with Gasteiger partial charge < -0.3 is 40.4 Å². The molecule has 1 saturated heterocycles. The van der Waals surface area contributed by atoms with Gasteiger partial charge >= 0.3 is 6.09 Å². The summed E-state index contributed by atoms with van der Waals surface area (Å²) < 4.78 is 15.8.